The largest absolute Gasteiger partial charge is 0.397 e. The van der Waals surface area contributed by atoms with Gasteiger partial charge in [-0.1, -0.05) is 6.07 Å². The zero-order valence-corrected chi connectivity index (χ0v) is 13.5. The summed E-state index contributed by atoms with van der Waals surface area (Å²) >= 11 is 4.08. The lowest BCUT2D eigenvalue weighted by Gasteiger charge is -2.29. The Bertz CT molecular complexity index is 509. The van der Waals surface area contributed by atoms with Gasteiger partial charge in [0.25, 0.3) is 0 Å². The quantitative estimate of drug-likeness (QED) is 0.639. The maximum Gasteiger partial charge on any atom is 0.0606 e. The van der Waals surface area contributed by atoms with E-state index in [-0.39, 0.29) is 0 Å². The van der Waals surface area contributed by atoms with Crippen LogP contribution in [0.3, 0.4) is 0 Å². The van der Waals surface area contributed by atoms with Crippen LogP contribution in [0.2, 0.25) is 0 Å². The van der Waals surface area contributed by atoms with Crippen LogP contribution >= 0.6 is 33.9 Å². The first-order valence-electron chi connectivity index (χ1n) is 5.92. The van der Waals surface area contributed by atoms with E-state index in [0.29, 0.717) is 6.04 Å². The maximum absolute atomic E-state index is 6.15. The fourth-order valence-electron chi connectivity index (χ4n) is 1.90. The average Bonchev–Trinajstić information content (AvgIpc) is 2.79. The first-order valence-corrected chi connectivity index (χ1v) is 7.88. The number of rotatable bonds is 4. The van der Waals surface area contributed by atoms with Crippen LogP contribution in [0.4, 0.5) is 11.4 Å². The normalized spacial score (nSPS) is 10.9. The summed E-state index contributed by atoms with van der Waals surface area (Å²) in [7, 11) is 0. The fraction of sp³-hybridized carbons (Fsp3) is 0.286. The van der Waals surface area contributed by atoms with Crippen molar-refractivity contribution in [2.75, 3.05) is 10.6 Å². The highest BCUT2D eigenvalue weighted by atomic mass is 127. The molecule has 0 aliphatic carbocycles. The van der Waals surface area contributed by atoms with Gasteiger partial charge in [-0.15, -0.1) is 11.3 Å². The van der Waals surface area contributed by atoms with E-state index in [1.54, 1.807) is 11.3 Å². The van der Waals surface area contributed by atoms with E-state index in [1.165, 1.54) is 8.45 Å². The minimum atomic E-state index is 0.425. The molecule has 0 aliphatic heterocycles. The molecule has 0 atom stereocenters. The van der Waals surface area contributed by atoms with E-state index in [9.17, 15) is 0 Å². The second-order valence-corrected chi connectivity index (χ2v) is 6.78. The highest BCUT2D eigenvalue weighted by Crippen LogP contribution is 2.29. The van der Waals surface area contributed by atoms with E-state index < -0.39 is 0 Å². The summed E-state index contributed by atoms with van der Waals surface area (Å²) in [6.07, 6.45) is 0. The highest BCUT2D eigenvalue weighted by Gasteiger charge is 2.14. The molecular formula is C14H17IN2S. The highest BCUT2D eigenvalue weighted by molar-refractivity contribution is 14.1. The standard InChI is InChI=1S/C14H17IN2S/c1-10(2)17(9-12-4-3-7-18-12)14-6-5-11(15)8-13(14)16/h3-8,10H,9,16H2,1-2H3. The maximum atomic E-state index is 6.15. The number of halogens is 1. The molecule has 1 aromatic carbocycles. The number of anilines is 2. The van der Waals surface area contributed by atoms with Crippen molar-refractivity contribution in [2.45, 2.75) is 26.4 Å². The number of nitrogens with zero attached hydrogens (tertiary/aromatic N) is 1. The Hall–Kier alpha value is -0.750. The molecule has 2 nitrogen and oxygen atoms in total. The smallest absolute Gasteiger partial charge is 0.0606 e. The molecule has 96 valence electrons. The summed E-state index contributed by atoms with van der Waals surface area (Å²) in [4.78, 5) is 3.71. The Morgan fingerprint density at radius 2 is 2.11 bits per heavy atom. The van der Waals surface area contributed by atoms with Gasteiger partial charge in [-0.05, 0) is 66.1 Å². The lowest BCUT2D eigenvalue weighted by atomic mass is 10.2. The van der Waals surface area contributed by atoms with Gasteiger partial charge in [0.1, 0.15) is 0 Å². The Morgan fingerprint density at radius 1 is 1.33 bits per heavy atom. The van der Waals surface area contributed by atoms with Gasteiger partial charge in [0, 0.05) is 14.5 Å². The second kappa shape index (κ2) is 5.93. The van der Waals surface area contributed by atoms with Crippen molar-refractivity contribution in [3.63, 3.8) is 0 Å². The molecule has 0 unspecified atom stereocenters. The molecule has 0 saturated carbocycles. The minimum absolute atomic E-state index is 0.425. The number of thiophene rings is 1. The van der Waals surface area contributed by atoms with Crippen molar-refractivity contribution >= 4 is 45.3 Å². The molecule has 18 heavy (non-hydrogen) atoms. The van der Waals surface area contributed by atoms with Crippen molar-refractivity contribution in [3.8, 4) is 0 Å². The summed E-state index contributed by atoms with van der Waals surface area (Å²) < 4.78 is 1.17. The molecule has 0 amide bonds. The molecular weight excluding hydrogens is 355 g/mol. The predicted molar refractivity (Wildman–Crippen MR) is 89.2 cm³/mol. The summed E-state index contributed by atoms with van der Waals surface area (Å²) in [6.45, 7) is 5.32. The molecule has 0 radical (unpaired) electrons. The number of hydrogen-bond acceptors (Lipinski definition) is 3. The first-order chi connectivity index (χ1) is 8.58. The first kappa shape index (κ1) is 13.7. The van der Waals surface area contributed by atoms with Gasteiger partial charge in [-0.25, -0.2) is 0 Å². The molecule has 0 aliphatic rings. The Morgan fingerprint density at radius 3 is 2.67 bits per heavy atom. The van der Waals surface area contributed by atoms with Crippen LogP contribution in [-0.2, 0) is 6.54 Å². The van der Waals surface area contributed by atoms with E-state index in [2.05, 4.69) is 71.0 Å². The number of hydrogen-bond donors (Lipinski definition) is 1. The minimum Gasteiger partial charge on any atom is -0.397 e. The third kappa shape index (κ3) is 3.17. The summed E-state index contributed by atoms with van der Waals surface area (Å²) in [5.41, 5.74) is 8.12. The van der Waals surface area contributed by atoms with E-state index in [1.807, 2.05) is 6.07 Å². The van der Waals surface area contributed by atoms with E-state index >= 15 is 0 Å². The Labute approximate surface area is 126 Å². The zero-order valence-electron chi connectivity index (χ0n) is 10.6. The van der Waals surface area contributed by atoms with Gasteiger partial charge in [0.15, 0.2) is 0 Å². The summed E-state index contributed by atoms with van der Waals surface area (Å²) in [5.74, 6) is 0. The van der Waals surface area contributed by atoms with Gasteiger partial charge in [-0.2, -0.15) is 0 Å². The zero-order chi connectivity index (χ0) is 13.1. The SMILES string of the molecule is CC(C)N(Cc1cccs1)c1ccc(I)cc1N. The monoisotopic (exact) mass is 372 g/mol. The number of nitrogens with two attached hydrogens (primary N) is 1. The van der Waals surface area contributed by atoms with Gasteiger partial charge in [-0.3, -0.25) is 0 Å². The molecule has 2 rings (SSSR count). The number of benzene rings is 1. The van der Waals surface area contributed by atoms with Crippen molar-refractivity contribution in [1.29, 1.82) is 0 Å². The fourth-order valence-corrected chi connectivity index (χ4v) is 3.12. The van der Waals surface area contributed by atoms with Crippen LogP contribution in [0, 0.1) is 3.57 Å². The lowest BCUT2D eigenvalue weighted by Crippen LogP contribution is -2.30. The summed E-state index contributed by atoms with van der Waals surface area (Å²) in [5, 5.41) is 2.12. The molecule has 0 bridgehead atoms. The van der Waals surface area contributed by atoms with Crippen molar-refractivity contribution in [1.82, 2.24) is 0 Å². The van der Waals surface area contributed by atoms with E-state index in [4.69, 9.17) is 5.73 Å². The van der Waals surface area contributed by atoms with Crippen LogP contribution in [0.25, 0.3) is 0 Å². The van der Waals surface area contributed by atoms with Crippen molar-refractivity contribution in [2.24, 2.45) is 0 Å². The molecule has 0 spiro atoms. The predicted octanol–water partition coefficient (Wildman–Crippen LogP) is 4.35. The molecule has 2 N–H and O–H groups in total. The molecule has 2 aromatic rings. The van der Waals surface area contributed by atoms with Crippen LogP contribution in [0.15, 0.2) is 35.7 Å². The van der Waals surface area contributed by atoms with Crippen LogP contribution in [-0.4, -0.2) is 6.04 Å². The third-order valence-corrected chi connectivity index (χ3v) is 4.36. The average molecular weight is 372 g/mol. The molecule has 1 heterocycles. The van der Waals surface area contributed by atoms with Gasteiger partial charge in [0.2, 0.25) is 0 Å². The number of nitrogen functional groups attached to an aromatic ring is 1. The van der Waals surface area contributed by atoms with Gasteiger partial charge >= 0.3 is 0 Å². The van der Waals surface area contributed by atoms with Crippen LogP contribution < -0.4 is 10.6 Å². The third-order valence-electron chi connectivity index (χ3n) is 2.83. The topological polar surface area (TPSA) is 29.3 Å². The lowest BCUT2D eigenvalue weighted by molar-refractivity contribution is 0.688. The van der Waals surface area contributed by atoms with E-state index in [0.717, 1.165) is 17.9 Å². The van der Waals surface area contributed by atoms with Crippen molar-refractivity contribution in [3.05, 3.63) is 44.2 Å². The summed E-state index contributed by atoms with van der Waals surface area (Å²) in [6, 6.07) is 10.9. The van der Waals surface area contributed by atoms with Crippen LogP contribution in [0.5, 0.6) is 0 Å². The van der Waals surface area contributed by atoms with Gasteiger partial charge in [0.05, 0.1) is 17.9 Å². The molecule has 4 heteroatoms. The molecule has 1 aromatic heterocycles. The van der Waals surface area contributed by atoms with Crippen LogP contribution in [0.1, 0.15) is 18.7 Å². The Balaban J connectivity index is 2.29. The molecule has 0 fully saturated rings. The second-order valence-electron chi connectivity index (χ2n) is 4.50. The van der Waals surface area contributed by atoms with Gasteiger partial charge < -0.3 is 10.6 Å². The molecule has 0 saturated heterocycles. The Kier molecular flexibility index (Phi) is 4.50. The van der Waals surface area contributed by atoms with Crippen molar-refractivity contribution < 1.29 is 0 Å².